The first-order valence-electron chi connectivity index (χ1n) is 5.48. The van der Waals surface area contributed by atoms with Crippen LogP contribution in [0.1, 0.15) is 30.4 Å². The van der Waals surface area contributed by atoms with Gasteiger partial charge in [-0.1, -0.05) is 6.07 Å². The van der Waals surface area contributed by atoms with Crippen molar-refractivity contribution in [3.05, 3.63) is 29.6 Å². The second-order valence-electron chi connectivity index (χ2n) is 4.20. The van der Waals surface area contributed by atoms with Crippen LogP contribution in [-0.2, 0) is 6.42 Å². The fraction of sp³-hybridized carbons (Fsp3) is 0.583. The van der Waals surface area contributed by atoms with Crippen LogP contribution in [0.25, 0.3) is 0 Å². The average Bonchev–Trinajstić information content (AvgIpc) is 2.96. The molecule has 2 heteroatoms. The summed E-state index contributed by atoms with van der Waals surface area (Å²) in [6.07, 6.45) is 9.02. The topological polar surface area (TPSA) is 24.9 Å². The Morgan fingerprint density at radius 3 is 3.00 bits per heavy atom. The van der Waals surface area contributed by atoms with E-state index in [4.69, 9.17) is 0 Å². The van der Waals surface area contributed by atoms with Gasteiger partial charge in [-0.15, -0.1) is 0 Å². The van der Waals surface area contributed by atoms with Crippen LogP contribution >= 0.6 is 0 Å². The van der Waals surface area contributed by atoms with Gasteiger partial charge >= 0.3 is 0 Å². The van der Waals surface area contributed by atoms with Crippen LogP contribution in [0.15, 0.2) is 18.5 Å². The molecule has 1 saturated carbocycles. The highest BCUT2D eigenvalue weighted by molar-refractivity contribution is 5.16. The van der Waals surface area contributed by atoms with Crippen molar-refractivity contribution < 1.29 is 0 Å². The highest BCUT2D eigenvalue weighted by Gasteiger charge is 2.19. The number of hydrogen-bond acceptors (Lipinski definition) is 2. The van der Waals surface area contributed by atoms with E-state index in [9.17, 15) is 0 Å². The molecule has 0 amide bonds. The van der Waals surface area contributed by atoms with Crippen molar-refractivity contribution in [3.8, 4) is 0 Å². The first-order valence-corrected chi connectivity index (χ1v) is 5.48. The lowest BCUT2D eigenvalue weighted by Crippen LogP contribution is -2.17. The lowest BCUT2D eigenvalue weighted by atomic mass is 10.1. The number of pyridine rings is 1. The Kier molecular flexibility index (Phi) is 3.14. The van der Waals surface area contributed by atoms with Crippen LogP contribution < -0.4 is 5.32 Å². The van der Waals surface area contributed by atoms with Crippen LogP contribution in [0.4, 0.5) is 0 Å². The zero-order valence-corrected chi connectivity index (χ0v) is 8.79. The van der Waals surface area contributed by atoms with E-state index in [1.165, 1.54) is 30.4 Å². The summed E-state index contributed by atoms with van der Waals surface area (Å²) >= 11 is 0. The maximum Gasteiger partial charge on any atom is 0.0300 e. The van der Waals surface area contributed by atoms with Gasteiger partial charge in [-0.25, -0.2) is 0 Å². The summed E-state index contributed by atoms with van der Waals surface area (Å²) in [5.41, 5.74) is 2.63. The van der Waals surface area contributed by atoms with Gasteiger partial charge < -0.3 is 5.32 Å². The average molecular weight is 190 g/mol. The van der Waals surface area contributed by atoms with Crippen LogP contribution in [-0.4, -0.2) is 17.6 Å². The smallest absolute Gasteiger partial charge is 0.0300 e. The van der Waals surface area contributed by atoms with Gasteiger partial charge in [0.25, 0.3) is 0 Å². The van der Waals surface area contributed by atoms with E-state index >= 15 is 0 Å². The SMILES string of the molecule is Cc1cncc(CCCNC2CC2)c1. The minimum absolute atomic E-state index is 0.839. The summed E-state index contributed by atoms with van der Waals surface area (Å²) in [6.45, 7) is 3.25. The number of nitrogens with one attached hydrogen (secondary N) is 1. The Bertz CT molecular complexity index is 292. The van der Waals surface area contributed by atoms with Crippen molar-refractivity contribution in [2.75, 3.05) is 6.54 Å². The fourth-order valence-electron chi connectivity index (χ4n) is 1.64. The van der Waals surface area contributed by atoms with Crippen molar-refractivity contribution in [3.63, 3.8) is 0 Å². The molecule has 0 aromatic carbocycles. The molecular weight excluding hydrogens is 172 g/mol. The predicted octanol–water partition coefficient (Wildman–Crippen LogP) is 2.07. The predicted molar refractivity (Wildman–Crippen MR) is 58.3 cm³/mol. The zero-order chi connectivity index (χ0) is 9.80. The molecule has 0 atom stereocenters. The molecule has 1 aliphatic carbocycles. The minimum Gasteiger partial charge on any atom is -0.314 e. The molecule has 1 heterocycles. The largest absolute Gasteiger partial charge is 0.314 e. The highest BCUT2D eigenvalue weighted by atomic mass is 14.9. The third kappa shape index (κ3) is 3.11. The summed E-state index contributed by atoms with van der Waals surface area (Å²) in [7, 11) is 0. The fourth-order valence-corrected chi connectivity index (χ4v) is 1.64. The molecule has 0 spiro atoms. The number of hydrogen-bond donors (Lipinski definition) is 1. The van der Waals surface area contributed by atoms with Gasteiger partial charge in [0.2, 0.25) is 0 Å². The molecule has 1 N–H and O–H groups in total. The first kappa shape index (κ1) is 9.66. The van der Waals surface area contributed by atoms with Crippen LogP contribution in [0, 0.1) is 6.92 Å². The third-order valence-corrected chi connectivity index (χ3v) is 2.58. The summed E-state index contributed by atoms with van der Waals surface area (Å²) in [6, 6.07) is 3.06. The minimum atomic E-state index is 0.839. The Morgan fingerprint density at radius 2 is 2.29 bits per heavy atom. The molecule has 1 fully saturated rings. The molecule has 1 aliphatic rings. The standard InChI is InChI=1S/C12H18N2/c1-10-7-11(9-13-8-10)3-2-6-14-12-4-5-12/h7-9,12,14H,2-6H2,1H3. The van der Waals surface area contributed by atoms with Crippen LogP contribution in [0.5, 0.6) is 0 Å². The maximum atomic E-state index is 4.19. The maximum absolute atomic E-state index is 4.19. The van der Waals surface area contributed by atoms with Crippen molar-refractivity contribution >= 4 is 0 Å². The molecule has 1 aromatic rings. The van der Waals surface area contributed by atoms with E-state index in [0.29, 0.717) is 0 Å². The lowest BCUT2D eigenvalue weighted by Gasteiger charge is -2.03. The van der Waals surface area contributed by atoms with Gasteiger partial charge in [-0.3, -0.25) is 4.98 Å². The van der Waals surface area contributed by atoms with Gasteiger partial charge in [0, 0.05) is 18.4 Å². The molecule has 14 heavy (non-hydrogen) atoms. The van der Waals surface area contributed by atoms with Crippen molar-refractivity contribution in [1.29, 1.82) is 0 Å². The Morgan fingerprint density at radius 1 is 1.43 bits per heavy atom. The van der Waals surface area contributed by atoms with E-state index in [0.717, 1.165) is 19.0 Å². The number of aryl methyl sites for hydroxylation is 2. The van der Waals surface area contributed by atoms with E-state index < -0.39 is 0 Å². The van der Waals surface area contributed by atoms with Crippen molar-refractivity contribution in [1.82, 2.24) is 10.3 Å². The second kappa shape index (κ2) is 4.56. The number of aromatic nitrogens is 1. The molecular formula is C12H18N2. The molecule has 0 bridgehead atoms. The zero-order valence-electron chi connectivity index (χ0n) is 8.79. The Hall–Kier alpha value is -0.890. The lowest BCUT2D eigenvalue weighted by molar-refractivity contribution is 0.645. The van der Waals surface area contributed by atoms with Crippen LogP contribution in [0.2, 0.25) is 0 Å². The van der Waals surface area contributed by atoms with E-state index in [1.54, 1.807) is 0 Å². The van der Waals surface area contributed by atoms with Gasteiger partial charge in [0.05, 0.1) is 0 Å². The third-order valence-electron chi connectivity index (χ3n) is 2.58. The van der Waals surface area contributed by atoms with Gasteiger partial charge in [-0.05, 0) is 50.3 Å². The van der Waals surface area contributed by atoms with Crippen molar-refractivity contribution in [2.24, 2.45) is 0 Å². The molecule has 2 rings (SSSR count). The molecule has 1 aromatic heterocycles. The normalized spacial score (nSPS) is 15.8. The van der Waals surface area contributed by atoms with E-state index in [1.807, 2.05) is 12.4 Å². The van der Waals surface area contributed by atoms with Crippen molar-refractivity contribution in [2.45, 2.75) is 38.6 Å². The molecule has 2 nitrogen and oxygen atoms in total. The molecule has 0 unspecified atom stereocenters. The number of nitrogens with zero attached hydrogens (tertiary/aromatic N) is 1. The summed E-state index contributed by atoms with van der Waals surface area (Å²) in [4.78, 5) is 4.19. The summed E-state index contributed by atoms with van der Waals surface area (Å²) in [5, 5.41) is 3.52. The summed E-state index contributed by atoms with van der Waals surface area (Å²) < 4.78 is 0. The molecule has 76 valence electrons. The van der Waals surface area contributed by atoms with E-state index in [-0.39, 0.29) is 0 Å². The molecule has 0 radical (unpaired) electrons. The quantitative estimate of drug-likeness (QED) is 0.719. The van der Waals surface area contributed by atoms with Gasteiger partial charge in [0.15, 0.2) is 0 Å². The molecule has 0 aliphatic heterocycles. The van der Waals surface area contributed by atoms with Gasteiger partial charge in [-0.2, -0.15) is 0 Å². The Labute approximate surface area is 85.7 Å². The molecule has 0 saturated heterocycles. The summed E-state index contributed by atoms with van der Waals surface area (Å²) in [5.74, 6) is 0. The van der Waals surface area contributed by atoms with E-state index in [2.05, 4.69) is 23.3 Å². The van der Waals surface area contributed by atoms with Gasteiger partial charge in [0.1, 0.15) is 0 Å². The first-order chi connectivity index (χ1) is 6.84. The Balaban J connectivity index is 1.68. The monoisotopic (exact) mass is 190 g/mol. The number of rotatable bonds is 5. The van der Waals surface area contributed by atoms with Crippen LogP contribution in [0.3, 0.4) is 0 Å². The highest BCUT2D eigenvalue weighted by Crippen LogP contribution is 2.18. The second-order valence-corrected chi connectivity index (χ2v) is 4.20.